The fraction of sp³-hybridized carbons (Fsp3) is 0.222. The Kier molecular flexibility index (Phi) is 6.97. The van der Waals surface area contributed by atoms with Crippen LogP contribution in [0.3, 0.4) is 0 Å². The normalized spacial score (nSPS) is 11.9. The molecule has 5 nitrogen and oxygen atoms in total. The van der Waals surface area contributed by atoms with Gasteiger partial charge in [0.05, 0.1) is 23.3 Å². The van der Waals surface area contributed by atoms with Crippen molar-refractivity contribution in [3.63, 3.8) is 0 Å². The van der Waals surface area contributed by atoms with Crippen LogP contribution in [0.15, 0.2) is 42.5 Å². The minimum Gasteiger partial charge on any atom is -0.325 e. The molecule has 1 atom stereocenters. The van der Waals surface area contributed by atoms with Crippen LogP contribution in [0, 0.1) is 5.82 Å². The van der Waals surface area contributed by atoms with Gasteiger partial charge in [-0.2, -0.15) is 0 Å². The average molecular weight is 398 g/mol. The summed E-state index contributed by atoms with van der Waals surface area (Å²) in [5, 5.41) is 6.07. The molecule has 0 aliphatic carbocycles. The predicted octanol–water partition coefficient (Wildman–Crippen LogP) is 4.03. The number of amides is 2. The van der Waals surface area contributed by atoms with E-state index in [1.54, 1.807) is 37.1 Å². The number of hydrogen-bond donors (Lipinski definition) is 2. The number of rotatable bonds is 6. The molecule has 0 aliphatic rings. The van der Waals surface area contributed by atoms with Crippen LogP contribution >= 0.6 is 23.2 Å². The summed E-state index contributed by atoms with van der Waals surface area (Å²) < 4.78 is 13.1. The molecule has 0 heterocycles. The third-order valence-corrected chi connectivity index (χ3v) is 4.28. The molecule has 0 unspecified atom stereocenters. The van der Waals surface area contributed by atoms with Gasteiger partial charge in [-0.3, -0.25) is 14.5 Å². The highest BCUT2D eigenvalue weighted by Crippen LogP contribution is 2.25. The van der Waals surface area contributed by atoms with Gasteiger partial charge in [-0.1, -0.05) is 29.3 Å². The molecule has 2 amide bonds. The number of hydrogen-bond acceptors (Lipinski definition) is 3. The first-order chi connectivity index (χ1) is 12.3. The van der Waals surface area contributed by atoms with E-state index < -0.39 is 11.9 Å². The van der Waals surface area contributed by atoms with Gasteiger partial charge >= 0.3 is 0 Å². The summed E-state index contributed by atoms with van der Waals surface area (Å²) in [6, 6.07) is 9.74. The molecule has 0 radical (unpaired) electrons. The minimum absolute atomic E-state index is 0.0422. The molecule has 2 rings (SSSR count). The zero-order valence-electron chi connectivity index (χ0n) is 14.2. The lowest BCUT2D eigenvalue weighted by molar-refractivity contribution is -0.122. The summed E-state index contributed by atoms with van der Waals surface area (Å²) in [5.74, 6) is -1.12. The Morgan fingerprint density at radius 2 is 1.88 bits per heavy atom. The molecule has 8 heteroatoms. The Labute approximate surface area is 161 Å². The first kappa shape index (κ1) is 20.2. The zero-order valence-corrected chi connectivity index (χ0v) is 15.7. The van der Waals surface area contributed by atoms with Gasteiger partial charge in [-0.15, -0.1) is 0 Å². The van der Waals surface area contributed by atoms with E-state index in [1.807, 2.05) is 0 Å². The number of nitrogens with one attached hydrogen (secondary N) is 2. The Morgan fingerprint density at radius 3 is 2.54 bits per heavy atom. The zero-order chi connectivity index (χ0) is 19.3. The summed E-state index contributed by atoms with van der Waals surface area (Å²) in [4.78, 5) is 26.0. The Morgan fingerprint density at radius 1 is 1.15 bits per heavy atom. The van der Waals surface area contributed by atoms with Crippen molar-refractivity contribution in [1.29, 1.82) is 0 Å². The standard InChI is InChI=1S/C18H18Cl2FN3O2/c1-11(18(26)23-16-7-6-12(19)8-15(16)20)24(2)10-17(25)22-14-5-3-4-13(21)9-14/h3-9,11H,10H2,1-2H3,(H,22,25)(H,23,26)/t11-/m1/s1. The van der Waals surface area contributed by atoms with Gasteiger partial charge in [0.2, 0.25) is 11.8 Å². The van der Waals surface area contributed by atoms with E-state index in [-0.39, 0.29) is 18.4 Å². The van der Waals surface area contributed by atoms with Gasteiger partial charge in [-0.05, 0) is 50.4 Å². The number of anilines is 2. The average Bonchev–Trinajstić information content (AvgIpc) is 2.56. The van der Waals surface area contributed by atoms with E-state index in [0.717, 1.165) is 0 Å². The van der Waals surface area contributed by atoms with Crippen LogP contribution in [-0.4, -0.2) is 36.3 Å². The van der Waals surface area contributed by atoms with Crippen molar-refractivity contribution in [2.75, 3.05) is 24.2 Å². The minimum atomic E-state index is -0.597. The van der Waals surface area contributed by atoms with Crippen LogP contribution in [0.25, 0.3) is 0 Å². The lowest BCUT2D eigenvalue weighted by atomic mass is 10.2. The predicted molar refractivity (Wildman–Crippen MR) is 102 cm³/mol. The molecule has 26 heavy (non-hydrogen) atoms. The topological polar surface area (TPSA) is 61.4 Å². The van der Waals surface area contributed by atoms with Gasteiger partial charge < -0.3 is 10.6 Å². The SMILES string of the molecule is C[C@H](C(=O)Nc1ccc(Cl)cc1Cl)N(C)CC(=O)Nc1cccc(F)c1. The first-order valence-electron chi connectivity index (χ1n) is 7.78. The molecule has 2 aromatic rings. The highest BCUT2D eigenvalue weighted by Gasteiger charge is 2.21. The Balaban J connectivity index is 1.92. The van der Waals surface area contributed by atoms with Crippen LogP contribution in [-0.2, 0) is 9.59 Å². The van der Waals surface area contributed by atoms with E-state index in [4.69, 9.17) is 23.2 Å². The summed E-state index contributed by atoms with van der Waals surface area (Å²) in [5.41, 5.74) is 0.791. The molecule has 0 aliphatic heterocycles. The van der Waals surface area contributed by atoms with Crippen molar-refractivity contribution in [3.05, 3.63) is 58.3 Å². The molecule has 2 N–H and O–H groups in total. The lowest BCUT2D eigenvalue weighted by Crippen LogP contribution is -2.43. The highest BCUT2D eigenvalue weighted by molar-refractivity contribution is 6.36. The van der Waals surface area contributed by atoms with Crippen LogP contribution in [0.2, 0.25) is 10.0 Å². The molecular formula is C18H18Cl2FN3O2. The van der Waals surface area contributed by atoms with Crippen LogP contribution in [0.4, 0.5) is 15.8 Å². The van der Waals surface area contributed by atoms with E-state index in [9.17, 15) is 14.0 Å². The van der Waals surface area contributed by atoms with E-state index in [0.29, 0.717) is 21.4 Å². The summed E-state index contributed by atoms with van der Waals surface area (Å²) in [6.07, 6.45) is 0. The Hall–Kier alpha value is -2.15. The fourth-order valence-electron chi connectivity index (χ4n) is 2.16. The molecule has 0 fully saturated rings. The largest absolute Gasteiger partial charge is 0.325 e. The molecule has 0 spiro atoms. The maximum absolute atomic E-state index is 13.1. The van der Waals surface area contributed by atoms with E-state index in [1.165, 1.54) is 24.3 Å². The smallest absolute Gasteiger partial charge is 0.241 e. The van der Waals surface area contributed by atoms with Crippen molar-refractivity contribution in [1.82, 2.24) is 4.90 Å². The van der Waals surface area contributed by atoms with Gasteiger partial charge in [-0.25, -0.2) is 4.39 Å². The molecule has 0 saturated carbocycles. The van der Waals surface area contributed by atoms with E-state index >= 15 is 0 Å². The van der Waals surface area contributed by atoms with Gasteiger partial charge in [0.15, 0.2) is 0 Å². The van der Waals surface area contributed by atoms with Crippen LogP contribution in [0.1, 0.15) is 6.92 Å². The van der Waals surface area contributed by atoms with Crippen molar-refractivity contribution >= 4 is 46.4 Å². The number of carbonyl (C=O) groups is 2. The third kappa shape index (κ3) is 5.69. The lowest BCUT2D eigenvalue weighted by Gasteiger charge is -2.23. The molecule has 2 aromatic carbocycles. The first-order valence-corrected chi connectivity index (χ1v) is 8.53. The third-order valence-electron chi connectivity index (χ3n) is 3.73. The van der Waals surface area contributed by atoms with Crippen LogP contribution < -0.4 is 10.6 Å². The second-order valence-electron chi connectivity index (χ2n) is 5.76. The van der Waals surface area contributed by atoms with E-state index in [2.05, 4.69) is 10.6 Å². The summed E-state index contributed by atoms with van der Waals surface area (Å²) in [6.45, 7) is 1.62. The molecular weight excluding hydrogens is 380 g/mol. The number of carbonyl (C=O) groups excluding carboxylic acids is 2. The molecule has 138 valence electrons. The number of halogens is 3. The van der Waals surface area contributed by atoms with Crippen molar-refractivity contribution in [2.24, 2.45) is 0 Å². The maximum Gasteiger partial charge on any atom is 0.241 e. The second kappa shape index (κ2) is 8.98. The maximum atomic E-state index is 13.1. The quantitative estimate of drug-likeness (QED) is 0.773. The monoisotopic (exact) mass is 397 g/mol. The van der Waals surface area contributed by atoms with Crippen molar-refractivity contribution < 1.29 is 14.0 Å². The molecule has 0 saturated heterocycles. The molecule has 0 bridgehead atoms. The Bertz CT molecular complexity index is 817. The van der Waals surface area contributed by atoms with Crippen molar-refractivity contribution in [3.8, 4) is 0 Å². The van der Waals surface area contributed by atoms with Crippen LogP contribution in [0.5, 0.6) is 0 Å². The summed E-state index contributed by atoms with van der Waals surface area (Å²) in [7, 11) is 1.64. The fourth-order valence-corrected chi connectivity index (χ4v) is 2.61. The number of likely N-dealkylation sites (N-methyl/N-ethyl adjacent to an activating group) is 1. The second-order valence-corrected chi connectivity index (χ2v) is 6.61. The molecule has 0 aromatic heterocycles. The number of nitrogens with zero attached hydrogens (tertiary/aromatic N) is 1. The van der Waals surface area contributed by atoms with Gasteiger partial charge in [0.25, 0.3) is 0 Å². The van der Waals surface area contributed by atoms with Crippen molar-refractivity contribution in [2.45, 2.75) is 13.0 Å². The highest BCUT2D eigenvalue weighted by atomic mass is 35.5. The van der Waals surface area contributed by atoms with Gasteiger partial charge in [0.1, 0.15) is 5.82 Å². The van der Waals surface area contributed by atoms with Gasteiger partial charge in [0, 0.05) is 10.7 Å². The summed E-state index contributed by atoms with van der Waals surface area (Å²) >= 11 is 11.9. The number of benzene rings is 2.